The van der Waals surface area contributed by atoms with Gasteiger partial charge < -0.3 is 15.4 Å². The molecule has 1 unspecified atom stereocenters. The van der Waals surface area contributed by atoms with Gasteiger partial charge in [0.15, 0.2) is 0 Å². The SMILES string of the molecule is CCCNc1cc(NCCC2CCCCO2)ccn1. The minimum absolute atomic E-state index is 0.445. The summed E-state index contributed by atoms with van der Waals surface area (Å²) >= 11 is 0. The molecule has 1 aliphatic rings. The largest absolute Gasteiger partial charge is 0.385 e. The average Bonchev–Trinajstić information content (AvgIpc) is 2.47. The molecule has 2 heterocycles. The number of hydrogen-bond donors (Lipinski definition) is 2. The van der Waals surface area contributed by atoms with E-state index in [-0.39, 0.29) is 0 Å². The van der Waals surface area contributed by atoms with E-state index >= 15 is 0 Å². The summed E-state index contributed by atoms with van der Waals surface area (Å²) in [4.78, 5) is 4.30. The van der Waals surface area contributed by atoms with Crippen LogP contribution in [0.2, 0.25) is 0 Å². The van der Waals surface area contributed by atoms with Crippen molar-refractivity contribution >= 4 is 11.5 Å². The van der Waals surface area contributed by atoms with Crippen molar-refractivity contribution in [3.63, 3.8) is 0 Å². The second-order valence-corrected chi connectivity index (χ2v) is 5.06. The van der Waals surface area contributed by atoms with Crippen LogP contribution in [0.4, 0.5) is 11.5 Å². The van der Waals surface area contributed by atoms with Crippen LogP contribution in [-0.2, 0) is 4.74 Å². The van der Waals surface area contributed by atoms with Gasteiger partial charge in [0.05, 0.1) is 6.10 Å². The van der Waals surface area contributed by atoms with Crippen molar-refractivity contribution in [1.29, 1.82) is 0 Å². The van der Waals surface area contributed by atoms with Crippen LogP contribution < -0.4 is 10.6 Å². The molecule has 19 heavy (non-hydrogen) atoms. The molecule has 2 N–H and O–H groups in total. The Morgan fingerprint density at radius 3 is 3.05 bits per heavy atom. The van der Waals surface area contributed by atoms with E-state index in [1.807, 2.05) is 12.3 Å². The maximum Gasteiger partial charge on any atom is 0.127 e. The normalized spacial score (nSPS) is 19.1. The second-order valence-electron chi connectivity index (χ2n) is 5.06. The van der Waals surface area contributed by atoms with Gasteiger partial charge in [-0.1, -0.05) is 6.92 Å². The molecule has 0 radical (unpaired) electrons. The maximum atomic E-state index is 5.73. The van der Waals surface area contributed by atoms with Crippen LogP contribution in [0.5, 0.6) is 0 Å². The van der Waals surface area contributed by atoms with Gasteiger partial charge in [-0.25, -0.2) is 4.98 Å². The molecule has 0 aliphatic carbocycles. The standard InChI is InChI=1S/C15H25N3O/c1-2-8-17-15-12-13(6-9-18-15)16-10-7-14-5-3-4-11-19-14/h6,9,12,14H,2-5,7-8,10-11H2,1H3,(H2,16,17,18). The van der Waals surface area contributed by atoms with Gasteiger partial charge >= 0.3 is 0 Å². The van der Waals surface area contributed by atoms with Crippen LogP contribution in [0.25, 0.3) is 0 Å². The maximum absolute atomic E-state index is 5.73. The van der Waals surface area contributed by atoms with Gasteiger partial charge in [-0.2, -0.15) is 0 Å². The summed E-state index contributed by atoms with van der Waals surface area (Å²) in [5.74, 6) is 0.945. The van der Waals surface area contributed by atoms with Crippen LogP contribution >= 0.6 is 0 Å². The summed E-state index contributed by atoms with van der Waals surface area (Å²) in [6, 6.07) is 4.08. The molecule has 0 amide bonds. The molecule has 1 saturated heterocycles. The highest BCUT2D eigenvalue weighted by atomic mass is 16.5. The number of nitrogens with one attached hydrogen (secondary N) is 2. The fourth-order valence-corrected chi connectivity index (χ4v) is 2.30. The van der Waals surface area contributed by atoms with Crippen molar-refractivity contribution in [3.8, 4) is 0 Å². The Balaban J connectivity index is 1.72. The molecule has 1 aromatic heterocycles. The zero-order chi connectivity index (χ0) is 13.3. The third kappa shape index (κ3) is 5.07. The lowest BCUT2D eigenvalue weighted by Crippen LogP contribution is -2.22. The fourth-order valence-electron chi connectivity index (χ4n) is 2.30. The first-order chi connectivity index (χ1) is 9.38. The highest BCUT2D eigenvalue weighted by Crippen LogP contribution is 2.16. The van der Waals surface area contributed by atoms with Crippen molar-refractivity contribution in [2.45, 2.75) is 45.1 Å². The van der Waals surface area contributed by atoms with Gasteiger partial charge in [0, 0.05) is 37.6 Å². The molecule has 0 saturated carbocycles. The first-order valence-electron chi connectivity index (χ1n) is 7.44. The summed E-state index contributed by atoms with van der Waals surface area (Å²) in [5, 5.41) is 6.75. The Hall–Kier alpha value is -1.29. The smallest absolute Gasteiger partial charge is 0.127 e. The van der Waals surface area contributed by atoms with Crippen LogP contribution in [0, 0.1) is 0 Å². The fraction of sp³-hybridized carbons (Fsp3) is 0.667. The summed E-state index contributed by atoms with van der Waals surface area (Å²) in [7, 11) is 0. The lowest BCUT2D eigenvalue weighted by atomic mass is 10.1. The molecule has 106 valence electrons. The van der Waals surface area contributed by atoms with Gasteiger partial charge in [0.1, 0.15) is 5.82 Å². The van der Waals surface area contributed by atoms with Gasteiger partial charge in [0.25, 0.3) is 0 Å². The quantitative estimate of drug-likeness (QED) is 0.792. The van der Waals surface area contributed by atoms with E-state index in [2.05, 4.69) is 28.6 Å². The van der Waals surface area contributed by atoms with Gasteiger partial charge in [-0.15, -0.1) is 0 Å². The predicted octanol–water partition coefficient (Wildman–Crippen LogP) is 3.27. The number of anilines is 2. The predicted molar refractivity (Wildman–Crippen MR) is 79.7 cm³/mol. The van der Waals surface area contributed by atoms with E-state index in [9.17, 15) is 0 Å². The number of hydrogen-bond acceptors (Lipinski definition) is 4. The first-order valence-corrected chi connectivity index (χ1v) is 7.44. The summed E-state index contributed by atoms with van der Waals surface area (Å²) < 4.78 is 5.73. The Labute approximate surface area is 116 Å². The number of nitrogens with zero attached hydrogens (tertiary/aromatic N) is 1. The Morgan fingerprint density at radius 2 is 2.26 bits per heavy atom. The molecule has 1 atom stereocenters. The number of rotatable bonds is 7. The Kier molecular flexibility index (Phi) is 5.95. The molecule has 1 fully saturated rings. The summed E-state index contributed by atoms with van der Waals surface area (Å²) in [5.41, 5.74) is 1.13. The molecule has 4 nitrogen and oxygen atoms in total. The van der Waals surface area contributed by atoms with Crippen molar-refractivity contribution < 1.29 is 4.74 Å². The van der Waals surface area contributed by atoms with Crippen molar-refractivity contribution in [3.05, 3.63) is 18.3 Å². The summed E-state index contributed by atoms with van der Waals surface area (Å²) in [6.45, 7) is 5.01. The van der Waals surface area contributed by atoms with Gasteiger partial charge in [0.2, 0.25) is 0 Å². The van der Waals surface area contributed by atoms with Crippen LogP contribution in [0.3, 0.4) is 0 Å². The molecule has 1 aliphatic heterocycles. The third-order valence-electron chi connectivity index (χ3n) is 3.39. The van der Waals surface area contributed by atoms with E-state index in [4.69, 9.17) is 4.74 Å². The molecule has 4 heteroatoms. The molecule has 1 aromatic rings. The van der Waals surface area contributed by atoms with E-state index in [1.54, 1.807) is 0 Å². The molecule has 0 bridgehead atoms. The van der Waals surface area contributed by atoms with E-state index in [0.29, 0.717) is 6.10 Å². The highest BCUT2D eigenvalue weighted by Gasteiger charge is 2.12. The van der Waals surface area contributed by atoms with E-state index in [0.717, 1.165) is 44.0 Å². The van der Waals surface area contributed by atoms with Crippen LogP contribution in [0.1, 0.15) is 39.0 Å². The van der Waals surface area contributed by atoms with E-state index < -0.39 is 0 Å². The van der Waals surface area contributed by atoms with Crippen LogP contribution in [0.15, 0.2) is 18.3 Å². The first kappa shape index (κ1) is 14.1. The zero-order valence-corrected chi connectivity index (χ0v) is 11.8. The molecular formula is C15H25N3O. The van der Waals surface area contributed by atoms with Crippen molar-refractivity contribution in [2.75, 3.05) is 30.3 Å². The van der Waals surface area contributed by atoms with Crippen LogP contribution in [-0.4, -0.2) is 30.8 Å². The average molecular weight is 263 g/mol. The monoisotopic (exact) mass is 263 g/mol. The van der Waals surface area contributed by atoms with Crippen molar-refractivity contribution in [1.82, 2.24) is 4.98 Å². The second kappa shape index (κ2) is 8.00. The third-order valence-corrected chi connectivity index (χ3v) is 3.39. The van der Waals surface area contributed by atoms with Gasteiger partial charge in [-0.3, -0.25) is 0 Å². The Bertz CT molecular complexity index is 364. The topological polar surface area (TPSA) is 46.2 Å². The minimum atomic E-state index is 0.445. The summed E-state index contributed by atoms with van der Waals surface area (Å²) in [6.07, 6.45) is 8.23. The molecule has 2 rings (SSSR count). The zero-order valence-electron chi connectivity index (χ0n) is 11.8. The van der Waals surface area contributed by atoms with Gasteiger partial charge in [-0.05, 0) is 38.2 Å². The highest BCUT2D eigenvalue weighted by molar-refractivity contribution is 5.51. The number of pyridine rings is 1. The lowest BCUT2D eigenvalue weighted by Gasteiger charge is -2.22. The van der Waals surface area contributed by atoms with E-state index in [1.165, 1.54) is 19.3 Å². The van der Waals surface area contributed by atoms with Crippen molar-refractivity contribution in [2.24, 2.45) is 0 Å². The molecular weight excluding hydrogens is 238 g/mol. The Morgan fingerprint density at radius 1 is 1.32 bits per heavy atom. The lowest BCUT2D eigenvalue weighted by molar-refractivity contribution is 0.0134. The minimum Gasteiger partial charge on any atom is -0.385 e. The molecule has 0 spiro atoms. The number of ether oxygens (including phenoxy) is 1. The number of aromatic nitrogens is 1. The molecule has 0 aromatic carbocycles.